The highest BCUT2D eigenvalue weighted by Gasteiger charge is 2.18. The Balaban J connectivity index is 2.01. The molecule has 0 aliphatic carbocycles. The molecular weight excluding hydrogens is 446 g/mol. The maximum Gasteiger partial charge on any atom is 0.333 e. The smallest absolute Gasteiger partial charge is 0.333 e. The molecule has 0 heterocycles. The van der Waals surface area contributed by atoms with E-state index in [1.54, 1.807) is 0 Å². The lowest BCUT2D eigenvalue weighted by atomic mass is 9.87. The van der Waals surface area contributed by atoms with Crippen molar-refractivity contribution in [3.63, 3.8) is 0 Å². The highest BCUT2D eigenvalue weighted by Crippen LogP contribution is 2.22. The number of nitrogens with one attached hydrogen (secondary N) is 2. The molecule has 0 bridgehead atoms. The Morgan fingerprint density at radius 3 is 2.17 bits per heavy atom. The first-order valence-corrected chi connectivity index (χ1v) is 10.7. The van der Waals surface area contributed by atoms with E-state index in [0.29, 0.717) is 13.2 Å². The van der Waals surface area contributed by atoms with Gasteiger partial charge in [-0.3, -0.25) is 4.79 Å². The van der Waals surface area contributed by atoms with Crippen molar-refractivity contribution in [2.75, 3.05) is 13.2 Å². The Morgan fingerprint density at radius 1 is 1.00 bits per heavy atom. The minimum Gasteiger partial charge on any atom is -0.367 e. The molecule has 3 amide bonds. The lowest BCUT2D eigenvalue weighted by Gasteiger charge is -2.24. The third-order valence-corrected chi connectivity index (χ3v) is 4.97. The molecule has 0 spiro atoms. The first-order chi connectivity index (χ1) is 14.2. The second kappa shape index (κ2) is 11.1. The van der Waals surface area contributed by atoms with Gasteiger partial charge in [-0.05, 0) is 41.2 Å². The third kappa shape index (κ3) is 7.80. The fourth-order valence-electron chi connectivity index (χ4n) is 2.72. The molecule has 0 saturated heterocycles. The number of carbonyl (C=O) groups is 2. The fraction of sp³-hybridized carbons (Fsp3) is 0.391. The van der Waals surface area contributed by atoms with Crippen LogP contribution in [0.25, 0.3) is 0 Å². The highest BCUT2D eigenvalue weighted by molar-refractivity contribution is 9.10. The number of hydrogen-bond donors (Lipinski definition) is 2. The Labute approximate surface area is 187 Å². The molecule has 2 rings (SSSR count). The quantitative estimate of drug-likeness (QED) is 0.577. The molecule has 7 heteroatoms. The number of benzene rings is 2. The zero-order valence-electron chi connectivity index (χ0n) is 18.0. The van der Waals surface area contributed by atoms with Crippen LogP contribution in [0.5, 0.6) is 0 Å². The van der Waals surface area contributed by atoms with Gasteiger partial charge in [0.05, 0.1) is 13.2 Å². The minimum atomic E-state index is -0.426. The van der Waals surface area contributed by atoms with Crippen molar-refractivity contribution in [3.8, 4) is 0 Å². The van der Waals surface area contributed by atoms with Gasteiger partial charge in [0.1, 0.15) is 6.61 Å². The van der Waals surface area contributed by atoms with Gasteiger partial charge in [0.2, 0.25) is 0 Å². The zero-order chi connectivity index (χ0) is 22.1. The summed E-state index contributed by atoms with van der Waals surface area (Å²) in [6.45, 7) is 9.16. The maximum atomic E-state index is 12.7. The average molecular weight is 476 g/mol. The normalized spacial score (nSPS) is 11.1. The van der Waals surface area contributed by atoms with Crippen LogP contribution in [0, 0.1) is 0 Å². The SMILES string of the molecule is CCNC(=O)NN(Cc1ccc(C(C)(C)C)cc1)C(=O)COCc1ccc(Br)cc1. The van der Waals surface area contributed by atoms with E-state index in [4.69, 9.17) is 4.74 Å². The first-order valence-electron chi connectivity index (χ1n) is 9.95. The van der Waals surface area contributed by atoms with Gasteiger partial charge >= 0.3 is 6.03 Å². The molecule has 0 saturated carbocycles. The molecule has 0 aromatic heterocycles. The van der Waals surface area contributed by atoms with Crippen LogP contribution in [-0.4, -0.2) is 30.1 Å². The van der Waals surface area contributed by atoms with Gasteiger partial charge in [-0.25, -0.2) is 15.2 Å². The molecule has 0 fully saturated rings. The predicted molar refractivity (Wildman–Crippen MR) is 122 cm³/mol. The molecule has 30 heavy (non-hydrogen) atoms. The van der Waals surface area contributed by atoms with Crippen molar-refractivity contribution in [3.05, 3.63) is 69.7 Å². The van der Waals surface area contributed by atoms with Crippen molar-refractivity contribution < 1.29 is 14.3 Å². The van der Waals surface area contributed by atoms with Gasteiger partial charge < -0.3 is 10.1 Å². The third-order valence-electron chi connectivity index (χ3n) is 4.44. The molecule has 6 nitrogen and oxygen atoms in total. The molecule has 0 radical (unpaired) electrons. The van der Waals surface area contributed by atoms with E-state index < -0.39 is 6.03 Å². The lowest BCUT2D eigenvalue weighted by molar-refractivity contribution is -0.139. The number of hydrazine groups is 1. The van der Waals surface area contributed by atoms with Crippen LogP contribution in [0.1, 0.15) is 44.4 Å². The predicted octanol–water partition coefficient (Wildman–Crippen LogP) is 4.53. The first kappa shape index (κ1) is 23.9. The number of urea groups is 1. The number of ether oxygens (including phenoxy) is 1. The fourth-order valence-corrected chi connectivity index (χ4v) is 2.98. The summed E-state index contributed by atoms with van der Waals surface area (Å²) in [5.74, 6) is -0.321. The number of rotatable bonds is 7. The van der Waals surface area contributed by atoms with Gasteiger partial charge in [0, 0.05) is 11.0 Å². The maximum absolute atomic E-state index is 12.7. The Bertz CT molecular complexity index is 830. The monoisotopic (exact) mass is 475 g/mol. The molecule has 2 N–H and O–H groups in total. The van der Waals surface area contributed by atoms with Crippen LogP contribution in [-0.2, 0) is 28.1 Å². The second-order valence-electron chi connectivity index (χ2n) is 8.02. The number of hydrogen-bond acceptors (Lipinski definition) is 3. The van der Waals surface area contributed by atoms with Crippen LogP contribution < -0.4 is 10.7 Å². The summed E-state index contributed by atoms with van der Waals surface area (Å²) in [6.07, 6.45) is 0. The van der Waals surface area contributed by atoms with Crippen molar-refractivity contribution in [2.24, 2.45) is 0 Å². The summed E-state index contributed by atoms with van der Waals surface area (Å²) in [6, 6.07) is 15.3. The Hall–Kier alpha value is -2.38. The van der Waals surface area contributed by atoms with Gasteiger partial charge in [-0.2, -0.15) is 0 Å². The standard InChI is InChI=1S/C23H30BrN3O3/c1-5-25-22(29)26-27(14-17-6-10-19(11-7-17)23(2,3)4)21(28)16-30-15-18-8-12-20(24)13-9-18/h6-13H,5,14-16H2,1-4H3,(H2,25,26,29). The second-order valence-corrected chi connectivity index (χ2v) is 8.93. The summed E-state index contributed by atoms with van der Waals surface area (Å²) >= 11 is 3.39. The summed E-state index contributed by atoms with van der Waals surface area (Å²) in [7, 11) is 0. The van der Waals surface area contributed by atoms with Crippen LogP contribution in [0.15, 0.2) is 53.0 Å². The molecule has 0 atom stereocenters. The number of carbonyl (C=O) groups excluding carboxylic acids is 2. The summed E-state index contributed by atoms with van der Waals surface area (Å²) in [5.41, 5.74) is 5.75. The largest absolute Gasteiger partial charge is 0.367 e. The molecule has 2 aromatic carbocycles. The van der Waals surface area contributed by atoms with Crippen LogP contribution in [0.4, 0.5) is 4.79 Å². The molecule has 0 aliphatic rings. The van der Waals surface area contributed by atoms with Gasteiger partial charge in [-0.15, -0.1) is 0 Å². The number of nitrogens with zero attached hydrogens (tertiary/aromatic N) is 1. The van der Waals surface area contributed by atoms with Crippen LogP contribution in [0.2, 0.25) is 0 Å². The van der Waals surface area contributed by atoms with Crippen LogP contribution >= 0.6 is 15.9 Å². The van der Waals surface area contributed by atoms with E-state index in [2.05, 4.69) is 47.4 Å². The molecule has 2 aromatic rings. The van der Waals surface area contributed by atoms with Crippen molar-refractivity contribution in [1.82, 2.24) is 15.8 Å². The van der Waals surface area contributed by atoms with Gasteiger partial charge in [0.25, 0.3) is 5.91 Å². The van der Waals surface area contributed by atoms with E-state index in [0.717, 1.165) is 15.6 Å². The summed E-state index contributed by atoms with van der Waals surface area (Å²) in [5, 5.41) is 3.93. The minimum absolute atomic E-state index is 0.0498. The molecular formula is C23H30BrN3O3. The molecule has 0 aliphatic heterocycles. The Morgan fingerprint density at radius 2 is 1.60 bits per heavy atom. The van der Waals surface area contributed by atoms with E-state index in [1.165, 1.54) is 10.6 Å². The lowest BCUT2D eigenvalue weighted by Crippen LogP contribution is -2.50. The van der Waals surface area contributed by atoms with E-state index in [9.17, 15) is 9.59 Å². The van der Waals surface area contributed by atoms with Crippen molar-refractivity contribution in [1.29, 1.82) is 0 Å². The van der Waals surface area contributed by atoms with Crippen LogP contribution in [0.3, 0.4) is 0 Å². The summed E-state index contributed by atoms with van der Waals surface area (Å²) in [4.78, 5) is 24.7. The van der Waals surface area contributed by atoms with Gasteiger partial charge in [0.15, 0.2) is 0 Å². The zero-order valence-corrected chi connectivity index (χ0v) is 19.6. The average Bonchev–Trinajstić information content (AvgIpc) is 2.69. The highest BCUT2D eigenvalue weighted by atomic mass is 79.9. The Kier molecular flexibility index (Phi) is 8.87. The molecule has 0 unspecified atom stereocenters. The van der Waals surface area contributed by atoms with E-state index in [-0.39, 0.29) is 24.5 Å². The van der Waals surface area contributed by atoms with E-state index in [1.807, 2.05) is 55.5 Å². The van der Waals surface area contributed by atoms with Crippen molar-refractivity contribution in [2.45, 2.75) is 46.3 Å². The number of halogens is 1. The van der Waals surface area contributed by atoms with Gasteiger partial charge in [-0.1, -0.05) is 73.1 Å². The molecule has 162 valence electrons. The van der Waals surface area contributed by atoms with Crippen molar-refractivity contribution >= 4 is 27.9 Å². The number of amides is 3. The summed E-state index contributed by atoms with van der Waals surface area (Å²) < 4.78 is 6.55. The van der Waals surface area contributed by atoms with E-state index >= 15 is 0 Å². The topological polar surface area (TPSA) is 70.7 Å².